The van der Waals surface area contributed by atoms with Crippen LogP contribution in [0.2, 0.25) is 0 Å². The van der Waals surface area contributed by atoms with E-state index in [0.29, 0.717) is 24.7 Å². The smallest absolute Gasteiger partial charge is 0.356 e. The Hall–Kier alpha value is -6.50. The van der Waals surface area contributed by atoms with Crippen molar-refractivity contribution in [2.24, 2.45) is 10.9 Å². The van der Waals surface area contributed by atoms with Crippen LogP contribution >= 0.6 is 0 Å². The minimum Gasteiger partial charge on any atom is -0.489 e. The third-order valence-corrected chi connectivity index (χ3v) is 6.51. The molecule has 0 bridgehead atoms. The van der Waals surface area contributed by atoms with Crippen LogP contribution in [-0.4, -0.2) is 42.0 Å². The van der Waals surface area contributed by atoms with Gasteiger partial charge in [-0.3, -0.25) is 0 Å². The lowest BCUT2D eigenvalue weighted by molar-refractivity contribution is -0.135. The van der Waals surface area contributed by atoms with Crippen LogP contribution in [0.15, 0.2) is 121 Å². The summed E-state index contributed by atoms with van der Waals surface area (Å²) in [5.41, 5.74) is 8.09. The average molecular weight is 671 g/mol. The molecule has 11 nitrogen and oxygen atoms in total. The number of hydrogen-bond acceptors (Lipinski definition) is 9. The number of nitrogens with one attached hydrogen (secondary N) is 1. The van der Waals surface area contributed by atoms with Crippen molar-refractivity contribution >= 4 is 17.8 Å². The SMILES string of the molecule is COC(=O)C=CO/N=C(\N)c1ccc(OCc2ccccc2)cc1F.COC(=O)c1cnc(-c2ccc(OCc3ccccc3)cc2F)[nH]1. The van der Waals surface area contributed by atoms with Gasteiger partial charge >= 0.3 is 11.9 Å². The van der Waals surface area contributed by atoms with E-state index in [4.69, 9.17) is 20.0 Å². The van der Waals surface area contributed by atoms with Gasteiger partial charge in [-0.1, -0.05) is 65.8 Å². The maximum atomic E-state index is 14.3. The summed E-state index contributed by atoms with van der Waals surface area (Å²) in [5, 5.41) is 3.50. The van der Waals surface area contributed by atoms with Gasteiger partial charge in [-0.05, 0) is 35.4 Å². The van der Waals surface area contributed by atoms with E-state index in [9.17, 15) is 18.4 Å². The highest BCUT2D eigenvalue weighted by molar-refractivity contribution is 5.97. The fourth-order valence-corrected chi connectivity index (χ4v) is 4.02. The number of hydrogen-bond donors (Lipinski definition) is 2. The lowest BCUT2D eigenvalue weighted by atomic mass is 10.2. The molecule has 0 spiro atoms. The van der Waals surface area contributed by atoms with E-state index >= 15 is 0 Å². The number of halogens is 2. The summed E-state index contributed by atoms with van der Waals surface area (Å²) in [7, 11) is 2.49. The van der Waals surface area contributed by atoms with Crippen LogP contribution in [-0.2, 0) is 32.3 Å². The summed E-state index contributed by atoms with van der Waals surface area (Å²) < 4.78 is 48.5. The molecular weight excluding hydrogens is 638 g/mol. The molecule has 252 valence electrons. The fourth-order valence-electron chi connectivity index (χ4n) is 4.02. The van der Waals surface area contributed by atoms with E-state index in [0.717, 1.165) is 23.5 Å². The van der Waals surface area contributed by atoms with Crippen LogP contribution in [0.3, 0.4) is 0 Å². The Labute approximate surface area is 280 Å². The van der Waals surface area contributed by atoms with Crippen LogP contribution in [0, 0.1) is 11.6 Å². The average Bonchev–Trinajstić information content (AvgIpc) is 3.62. The van der Waals surface area contributed by atoms with Crippen molar-refractivity contribution in [3.8, 4) is 22.9 Å². The lowest BCUT2D eigenvalue weighted by Crippen LogP contribution is -2.15. The molecule has 4 aromatic carbocycles. The van der Waals surface area contributed by atoms with Gasteiger partial charge in [0.05, 0.1) is 37.6 Å². The number of rotatable bonds is 12. The molecule has 0 aliphatic rings. The molecule has 5 aromatic rings. The number of aromatic amines is 1. The van der Waals surface area contributed by atoms with Gasteiger partial charge in [0.25, 0.3) is 0 Å². The molecule has 5 rings (SSSR count). The van der Waals surface area contributed by atoms with E-state index in [1.54, 1.807) is 18.2 Å². The number of H-pyrrole nitrogens is 1. The Kier molecular flexibility index (Phi) is 13.0. The van der Waals surface area contributed by atoms with Crippen molar-refractivity contribution < 1.29 is 42.2 Å². The highest BCUT2D eigenvalue weighted by Gasteiger charge is 2.14. The summed E-state index contributed by atoms with van der Waals surface area (Å²) in [6.07, 6.45) is 3.29. The van der Waals surface area contributed by atoms with Crippen LogP contribution in [0.25, 0.3) is 11.4 Å². The number of imidazole rings is 1. The summed E-state index contributed by atoms with van der Waals surface area (Å²) in [5.74, 6) is -1.41. The minimum atomic E-state index is -0.611. The van der Waals surface area contributed by atoms with Gasteiger partial charge in [0.15, 0.2) is 5.84 Å². The quantitative estimate of drug-likeness (QED) is 0.0389. The molecule has 1 heterocycles. The number of amidine groups is 1. The summed E-state index contributed by atoms with van der Waals surface area (Å²) in [4.78, 5) is 33.7. The Morgan fingerprint density at radius 1 is 0.816 bits per heavy atom. The zero-order chi connectivity index (χ0) is 35.0. The molecule has 0 fully saturated rings. The number of ether oxygens (including phenoxy) is 4. The molecule has 0 aliphatic heterocycles. The largest absolute Gasteiger partial charge is 0.489 e. The molecule has 3 N–H and O–H groups in total. The molecular formula is C36H32F2N4O7. The van der Waals surface area contributed by atoms with Crippen molar-refractivity contribution in [3.05, 3.63) is 150 Å². The number of carbonyl (C=O) groups excluding carboxylic acids is 2. The first-order valence-corrected chi connectivity index (χ1v) is 14.6. The maximum absolute atomic E-state index is 14.3. The zero-order valence-electron chi connectivity index (χ0n) is 26.5. The Bertz CT molecular complexity index is 1900. The lowest BCUT2D eigenvalue weighted by Gasteiger charge is -2.08. The standard InChI is InChI=1S/C18H17FN2O4.C18H15FN2O3/c1-23-17(22)9-10-25-21-18(20)15-8-7-14(11-16(15)19)24-12-13-5-3-2-4-6-13;1-23-18(22)16-10-20-17(21-16)14-8-7-13(9-15(14)19)24-11-12-5-3-2-4-6-12/h2-11H,12H2,1H3,(H2,20,21);2-10H,11H2,1H3,(H,20,21). The summed E-state index contributed by atoms with van der Waals surface area (Å²) in [6.45, 7) is 0.678. The van der Waals surface area contributed by atoms with Crippen LogP contribution < -0.4 is 15.2 Å². The van der Waals surface area contributed by atoms with E-state index in [2.05, 4.69) is 24.6 Å². The van der Waals surface area contributed by atoms with E-state index in [1.807, 2.05) is 60.7 Å². The van der Waals surface area contributed by atoms with E-state index in [-0.39, 0.29) is 28.5 Å². The third kappa shape index (κ3) is 10.8. The summed E-state index contributed by atoms with van der Waals surface area (Å²) in [6, 6.07) is 27.9. The number of carbonyl (C=O) groups is 2. The molecule has 0 atom stereocenters. The second-order valence-corrected chi connectivity index (χ2v) is 9.88. The Balaban J connectivity index is 0.000000221. The number of benzene rings is 4. The van der Waals surface area contributed by atoms with Crippen LogP contribution in [0.1, 0.15) is 27.2 Å². The van der Waals surface area contributed by atoms with Gasteiger partial charge in [0, 0.05) is 12.1 Å². The highest BCUT2D eigenvalue weighted by Crippen LogP contribution is 2.25. The predicted molar refractivity (Wildman–Crippen MR) is 176 cm³/mol. The maximum Gasteiger partial charge on any atom is 0.356 e. The van der Waals surface area contributed by atoms with Gasteiger partial charge in [-0.15, -0.1) is 0 Å². The second-order valence-electron chi connectivity index (χ2n) is 9.88. The monoisotopic (exact) mass is 670 g/mol. The fraction of sp³-hybridized carbons (Fsp3) is 0.111. The molecule has 0 radical (unpaired) electrons. The number of nitrogens with zero attached hydrogens (tertiary/aromatic N) is 2. The molecule has 0 amide bonds. The van der Waals surface area contributed by atoms with Gasteiger partial charge in [0.1, 0.15) is 54.1 Å². The topological polar surface area (TPSA) is 147 Å². The first-order valence-electron chi connectivity index (χ1n) is 14.6. The summed E-state index contributed by atoms with van der Waals surface area (Å²) >= 11 is 0. The number of aromatic nitrogens is 2. The van der Waals surface area contributed by atoms with Crippen molar-refractivity contribution in [3.63, 3.8) is 0 Å². The van der Waals surface area contributed by atoms with Crippen molar-refractivity contribution in [2.75, 3.05) is 14.2 Å². The van der Waals surface area contributed by atoms with Crippen molar-refractivity contribution in [1.82, 2.24) is 9.97 Å². The van der Waals surface area contributed by atoms with Crippen LogP contribution in [0.4, 0.5) is 8.78 Å². The highest BCUT2D eigenvalue weighted by atomic mass is 19.1. The zero-order valence-corrected chi connectivity index (χ0v) is 26.5. The predicted octanol–water partition coefficient (Wildman–Crippen LogP) is 6.31. The Morgan fingerprint density at radius 3 is 1.96 bits per heavy atom. The molecule has 49 heavy (non-hydrogen) atoms. The van der Waals surface area contributed by atoms with Gasteiger partial charge in [0.2, 0.25) is 0 Å². The molecule has 0 unspecified atom stereocenters. The first-order chi connectivity index (χ1) is 23.8. The van der Waals surface area contributed by atoms with Gasteiger partial charge in [-0.25, -0.2) is 23.4 Å². The van der Waals surface area contributed by atoms with E-state index in [1.165, 1.54) is 38.6 Å². The van der Waals surface area contributed by atoms with Gasteiger partial charge in [-0.2, -0.15) is 0 Å². The normalized spacial score (nSPS) is 10.9. The molecule has 0 saturated heterocycles. The number of methoxy groups -OCH3 is 2. The minimum absolute atomic E-state index is 0.0542. The number of esters is 2. The van der Waals surface area contributed by atoms with Crippen molar-refractivity contribution in [2.45, 2.75) is 13.2 Å². The molecule has 1 aromatic heterocycles. The molecule has 0 aliphatic carbocycles. The number of nitrogens with two attached hydrogens (primary N) is 1. The van der Waals surface area contributed by atoms with E-state index < -0.39 is 23.6 Å². The van der Waals surface area contributed by atoms with Gasteiger partial charge < -0.3 is 34.5 Å². The van der Waals surface area contributed by atoms with Crippen LogP contribution in [0.5, 0.6) is 11.5 Å². The molecule has 13 heteroatoms. The Morgan fingerprint density at radius 2 is 1.41 bits per heavy atom. The third-order valence-electron chi connectivity index (χ3n) is 6.51. The second kappa shape index (κ2) is 18.0. The van der Waals surface area contributed by atoms with Crippen molar-refractivity contribution in [1.29, 1.82) is 0 Å². The molecule has 0 saturated carbocycles. The first kappa shape index (κ1) is 35.4. The number of oxime groups is 1.